The molecule has 0 unspecified atom stereocenters. The number of aromatic carboxylic acids is 1. The van der Waals surface area contributed by atoms with E-state index in [0.717, 1.165) is 0 Å². The van der Waals surface area contributed by atoms with E-state index in [0.29, 0.717) is 0 Å². The van der Waals surface area contributed by atoms with Gasteiger partial charge in [-0.25, -0.2) is 4.79 Å². The fourth-order valence-electron chi connectivity index (χ4n) is 1.37. The summed E-state index contributed by atoms with van der Waals surface area (Å²) in [6.45, 7) is 2.55. The van der Waals surface area contributed by atoms with Crippen LogP contribution in [0.3, 0.4) is 0 Å². The average molecular weight is 236 g/mol. The van der Waals surface area contributed by atoms with Gasteiger partial charge in [0.2, 0.25) is 11.8 Å². The van der Waals surface area contributed by atoms with Gasteiger partial charge in [0, 0.05) is 13.8 Å². The van der Waals surface area contributed by atoms with Crippen molar-refractivity contribution in [1.82, 2.24) is 0 Å². The highest BCUT2D eigenvalue weighted by atomic mass is 16.4. The van der Waals surface area contributed by atoms with Crippen molar-refractivity contribution in [2.75, 3.05) is 10.6 Å². The quantitative estimate of drug-likeness (QED) is 0.737. The maximum Gasteiger partial charge on any atom is 0.339 e. The number of hydrogen-bond donors (Lipinski definition) is 3. The Hall–Kier alpha value is -2.37. The second-order valence-corrected chi connectivity index (χ2v) is 3.40. The summed E-state index contributed by atoms with van der Waals surface area (Å²) >= 11 is 0. The summed E-state index contributed by atoms with van der Waals surface area (Å²) in [5, 5.41) is 13.9. The molecule has 0 saturated heterocycles. The van der Waals surface area contributed by atoms with Crippen molar-refractivity contribution in [3.8, 4) is 0 Å². The van der Waals surface area contributed by atoms with Crippen molar-refractivity contribution in [3.63, 3.8) is 0 Å². The van der Waals surface area contributed by atoms with Gasteiger partial charge in [-0.05, 0) is 12.1 Å². The Labute approximate surface area is 97.6 Å². The van der Waals surface area contributed by atoms with Gasteiger partial charge in [0.1, 0.15) is 5.56 Å². The van der Waals surface area contributed by atoms with E-state index in [1.807, 2.05) is 0 Å². The minimum atomic E-state index is -1.22. The van der Waals surface area contributed by atoms with E-state index >= 15 is 0 Å². The van der Waals surface area contributed by atoms with E-state index in [2.05, 4.69) is 10.6 Å². The summed E-state index contributed by atoms with van der Waals surface area (Å²) in [5.74, 6) is -1.99. The molecule has 1 aromatic rings. The smallest absolute Gasteiger partial charge is 0.339 e. The molecule has 0 spiro atoms. The summed E-state index contributed by atoms with van der Waals surface area (Å²) in [4.78, 5) is 33.0. The molecular formula is C11H12N2O4. The molecule has 1 rings (SSSR count). The van der Waals surface area contributed by atoms with Gasteiger partial charge in [0.05, 0.1) is 11.4 Å². The zero-order valence-electron chi connectivity index (χ0n) is 9.40. The van der Waals surface area contributed by atoms with Crippen LogP contribution >= 0.6 is 0 Å². The van der Waals surface area contributed by atoms with Crippen LogP contribution in [0.1, 0.15) is 24.2 Å². The first kappa shape index (κ1) is 12.7. The van der Waals surface area contributed by atoms with Crippen LogP contribution in [0.15, 0.2) is 18.2 Å². The SMILES string of the molecule is CC(=O)Nc1cccc(NC(C)=O)c1C(=O)O. The van der Waals surface area contributed by atoms with Gasteiger partial charge in [-0.1, -0.05) is 6.07 Å². The zero-order chi connectivity index (χ0) is 13.0. The molecule has 0 aliphatic carbocycles. The Balaban J connectivity index is 3.26. The first-order valence-corrected chi connectivity index (χ1v) is 4.83. The minimum Gasteiger partial charge on any atom is -0.478 e. The Bertz CT molecular complexity index is 448. The number of carbonyl (C=O) groups excluding carboxylic acids is 2. The van der Waals surface area contributed by atoms with E-state index in [-0.39, 0.29) is 28.8 Å². The van der Waals surface area contributed by atoms with Crippen LogP contribution in [0.4, 0.5) is 11.4 Å². The van der Waals surface area contributed by atoms with E-state index in [1.165, 1.54) is 26.0 Å². The number of benzene rings is 1. The molecule has 0 radical (unpaired) electrons. The predicted octanol–water partition coefficient (Wildman–Crippen LogP) is 1.30. The van der Waals surface area contributed by atoms with E-state index in [9.17, 15) is 14.4 Å². The number of amides is 2. The molecular weight excluding hydrogens is 224 g/mol. The lowest BCUT2D eigenvalue weighted by Crippen LogP contribution is -2.15. The van der Waals surface area contributed by atoms with Crippen molar-refractivity contribution in [2.24, 2.45) is 0 Å². The van der Waals surface area contributed by atoms with E-state index in [1.54, 1.807) is 6.07 Å². The van der Waals surface area contributed by atoms with Gasteiger partial charge >= 0.3 is 5.97 Å². The van der Waals surface area contributed by atoms with Crippen molar-refractivity contribution >= 4 is 29.2 Å². The largest absolute Gasteiger partial charge is 0.478 e. The summed E-state index contributed by atoms with van der Waals surface area (Å²) < 4.78 is 0. The molecule has 0 fully saturated rings. The molecule has 6 heteroatoms. The third kappa shape index (κ3) is 3.30. The number of hydrogen-bond acceptors (Lipinski definition) is 3. The van der Waals surface area contributed by atoms with E-state index in [4.69, 9.17) is 5.11 Å². The average Bonchev–Trinajstić information content (AvgIpc) is 2.14. The summed E-state index contributed by atoms with van der Waals surface area (Å²) in [5.41, 5.74) is 0.158. The van der Waals surface area contributed by atoms with Gasteiger partial charge in [-0.15, -0.1) is 0 Å². The Morgan fingerprint density at radius 1 is 1.00 bits per heavy atom. The monoisotopic (exact) mass is 236 g/mol. The van der Waals surface area contributed by atoms with Crippen molar-refractivity contribution < 1.29 is 19.5 Å². The minimum absolute atomic E-state index is 0.141. The highest BCUT2D eigenvalue weighted by Crippen LogP contribution is 2.24. The Morgan fingerprint density at radius 3 is 1.71 bits per heavy atom. The molecule has 17 heavy (non-hydrogen) atoms. The van der Waals surface area contributed by atoms with Gasteiger partial charge in [0.25, 0.3) is 0 Å². The molecule has 2 amide bonds. The van der Waals surface area contributed by atoms with Crippen LogP contribution in [-0.2, 0) is 9.59 Å². The number of anilines is 2. The van der Waals surface area contributed by atoms with Crippen molar-refractivity contribution in [2.45, 2.75) is 13.8 Å². The highest BCUT2D eigenvalue weighted by Gasteiger charge is 2.16. The Kier molecular flexibility index (Phi) is 3.82. The van der Waals surface area contributed by atoms with Gasteiger partial charge in [0.15, 0.2) is 0 Å². The standard InChI is InChI=1S/C11H12N2O4/c1-6(14)12-8-4-3-5-9(13-7(2)15)10(8)11(16)17/h3-5H,1-2H3,(H,12,14)(H,13,15)(H,16,17). The molecule has 0 atom stereocenters. The van der Waals surface area contributed by atoms with Crippen LogP contribution in [0.2, 0.25) is 0 Å². The van der Waals surface area contributed by atoms with Crippen LogP contribution in [0.5, 0.6) is 0 Å². The summed E-state index contributed by atoms with van der Waals surface area (Å²) in [7, 11) is 0. The molecule has 0 saturated carbocycles. The van der Waals surface area contributed by atoms with E-state index < -0.39 is 5.97 Å². The van der Waals surface area contributed by atoms with Gasteiger partial charge in [-0.3, -0.25) is 9.59 Å². The number of carbonyl (C=O) groups is 3. The number of carboxylic acid groups (broad SMARTS) is 1. The second kappa shape index (κ2) is 5.11. The molecule has 3 N–H and O–H groups in total. The second-order valence-electron chi connectivity index (χ2n) is 3.40. The number of carboxylic acids is 1. The molecule has 1 aromatic carbocycles. The fourth-order valence-corrected chi connectivity index (χ4v) is 1.37. The molecule has 6 nitrogen and oxygen atoms in total. The molecule has 0 aliphatic rings. The third-order valence-corrected chi connectivity index (χ3v) is 1.90. The topological polar surface area (TPSA) is 95.5 Å². The zero-order valence-corrected chi connectivity index (χ0v) is 9.40. The van der Waals surface area contributed by atoms with Crippen LogP contribution in [0.25, 0.3) is 0 Å². The van der Waals surface area contributed by atoms with Gasteiger partial charge < -0.3 is 15.7 Å². The van der Waals surface area contributed by atoms with Gasteiger partial charge in [-0.2, -0.15) is 0 Å². The molecule has 0 aromatic heterocycles. The Morgan fingerprint density at radius 2 is 1.41 bits per heavy atom. The van der Waals surface area contributed by atoms with Crippen molar-refractivity contribution in [1.29, 1.82) is 0 Å². The van der Waals surface area contributed by atoms with Crippen LogP contribution in [-0.4, -0.2) is 22.9 Å². The molecule has 0 bridgehead atoms. The lowest BCUT2D eigenvalue weighted by molar-refractivity contribution is -0.115. The number of rotatable bonds is 3. The van der Waals surface area contributed by atoms with Crippen molar-refractivity contribution in [3.05, 3.63) is 23.8 Å². The first-order chi connectivity index (χ1) is 7.91. The van der Waals surface area contributed by atoms with Crippen LogP contribution in [0, 0.1) is 0 Å². The first-order valence-electron chi connectivity index (χ1n) is 4.83. The summed E-state index contributed by atoms with van der Waals surface area (Å²) in [6.07, 6.45) is 0. The molecule has 0 heterocycles. The molecule has 90 valence electrons. The molecule has 0 aliphatic heterocycles. The lowest BCUT2D eigenvalue weighted by atomic mass is 10.1. The fraction of sp³-hybridized carbons (Fsp3) is 0.182. The predicted molar refractivity (Wildman–Crippen MR) is 62.0 cm³/mol. The summed E-state index contributed by atoms with van der Waals surface area (Å²) in [6, 6.07) is 4.45. The highest BCUT2D eigenvalue weighted by molar-refractivity contribution is 6.06. The maximum atomic E-state index is 11.1. The normalized spacial score (nSPS) is 9.53. The number of nitrogens with one attached hydrogen (secondary N) is 2. The maximum absolute atomic E-state index is 11.1. The third-order valence-electron chi connectivity index (χ3n) is 1.90. The van der Waals surface area contributed by atoms with Crippen LogP contribution < -0.4 is 10.6 Å². The lowest BCUT2D eigenvalue weighted by Gasteiger charge is -2.11.